The number of nitrogens with two attached hydrogens (primary N) is 1. The summed E-state index contributed by atoms with van der Waals surface area (Å²) in [6.07, 6.45) is 3.46. The normalized spacial score (nSPS) is 11.1. The average Bonchev–Trinajstić information content (AvgIpc) is 2.95. The van der Waals surface area contributed by atoms with E-state index in [2.05, 4.69) is 10.1 Å². The maximum absolute atomic E-state index is 5.94. The van der Waals surface area contributed by atoms with Crippen LogP contribution in [-0.4, -0.2) is 30.0 Å². The molecule has 1 heterocycles. The maximum atomic E-state index is 5.94. The first-order valence-electron chi connectivity index (χ1n) is 7.45. The molecule has 0 aliphatic carbocycles. The number of rotatable bonds is 4. The van der Waals surface area contributed by atoms with Crippen molar-refractivity contribution in [2.45, 2.75) is 0 Å². The van der Waals surface area contributed by atoms with Gasteiger partial charge in [0.2, 0.25) is 5.95 Å². The average molecular weight is 340 g/mol. The van der Waals surface area contributed by atoms with Crippen LogP contribution in [0.3, 0.4) is 0 Å². The Labute approximate surface area is 146 Å². The SMILES string of the molecule is CN(C)c1ccc(C=Nn2c(-c3ccc(Cl)cc3)cnc2N)cc1. The molecule has 0 atom stereocenters. The summed E-state index contributed by atoms with van der Waals surface area (Å²) in [5.74, 6) is 0.334. The van der Waals surface area contributed by atoms with Crippen molar-refractivity contribution >= 4 is 29.5 Å². The molecule has 2 aromatic carbocycles. The first kappa shape index (κ1) is 16.1. The lowest BCUT2D eigenvalue weighted by Gasteiger charge is -2.11. The van der Waals surface area contributed by atoms with E-state index in [9.17, 15) is 0 Å². The van der Waals surface area contributed by atoms with Gasteiger partial charge in [0.15, 0.2) is 0 Å². The molecule has 2 N–H and O–H groups in total. The third-order valence-corrected chi connectivity index (χ3v) is 3.89. The molecule has 6 heteroatoms. The summed E-state index contributed by atoms with van der Waals surface area (Å²) in [5.41, 5.74) is 9.82. The minimum absolute atomic E-state index is 0.334. The highest BCUT2D eigenvalue weighted by Gasteiger charge is 2.08. The van der Waals surface area contributed by atoms with Crippen LogP contribution in [-0.2, 0) is 0 Å². The van der Waals surface area contributed by atoms with E-state index >= 15 is 0 Å². The molecule has 0 saturated heterocycles. The Balaban J connectivity index is 1.89. The number of anilines is 2. The zero-order valence-electron chi connectivity index (χ0n) is 13.5. The van der Waals surface area contributed by atoms with Crippen LogP contribution >= 0.6 is 11.6 Å². The smallest absolute Gasteiger partial charge is 0.221 e. The maximum Gasteiger partial charge on any atom is 0.221 e. The zero-order valence-corrected chi connectivity index (χ0v) is 14.3. The van der Waals surface area contributed by atoms with E-state index in [1.165, 1.54) is 0 Å². The Morgan fingerprint density at radius 2 is 1.75 bits per heavy atom. The van der Waals surface area contributed by atoms with Gasteiger partial charge in [0, 0.05) is 30.4 Å². The van der Waals surface area contributed by atoms with Gasteiger partial charge in [0.25, 0.3) is 0 Å². The van der Waals surface area contributed by atoms with Crippen molar-refractivity contribution < 1.29 is 0 Å². The minimum Gasteiger partial charge on any atom is -0.378 e. The fourth-order valence-corrected chi connectivity index (χ4v) is 2.41. The number of halogens is 1. The van der Waals surface area contributed by atoms with Crippen LogP contribution in [0.1, 0.15) is 5.56 Å². The van der Waals surface area contributed by atoms with Gasteiger partial charge in [-0.15, -0.1) is 0 Å². The van der Waals surface area contributed by atoms with Crippen LogP contribution < -0.4 is 10.6 Å². The number of benzene rings is 2. The molecule has 5 nitrogen and oxygen atoms in total. The Morgan fingerprint density at radius 1 is 1.08 bits per heavy atom. The van der Waals surface area contributed by atoms with Gasteiger partial charge in [-0.05, 0) is 29.8 Å². The summed E-state index contributed by atoms with van der Waals surface area (Å²) in [6.45, 7) is 0. The fourth-order valence-electron chi connectivity index (χ4n) is 2.28. The van der Waals surface area contributed by atoms with Crippen molar-refractivity contribution in [1.82, 2.24) is 9.66 Å². The van der Waals surface area contributed by atoms with E-state index in [0.29, 0.717) is 11.0 Å². The predicted molar refractivity (Wildman–Crippen MR) is 101 cm³/mol. The Morgan fingerprint density at radius 3 is 2.38 bits per heavy atom. The minimum atomic E-state index is 0.334. The molecule has 1 aromatic heterocycles. The highest BCUT2D eigenvalue weighted by atomic mass is 35.5. The highest BCUT2D eigenvalue weighted by Crippen LogP contribution is 2.23. The van der Waals surface area contributed by atoms with Gasteiger partial charge in [-0.25, -0.2) is 4.98 Å². The number of hydrogen-bond donors (Lipinski definition) is 1. The summed E-state index contributed by atoms with van der Waals surface area (Å²) in [6, 6.07) is 15.6. The second-order valence-electron chi connectivity index (χ2n) is 5.55. The van der Waals surface area contributed by atoms with Crippen LogP contribution in [0.15, 0.2) is 59.8 Å². The number of hydrogen-bond acceptors (Lipinski definition) is 4. The first-order valence-corrected chi connectivity index (χ1v) is 7.83. The predicted octanol–water partition coefficient (Wildman–Crippen LogP) is 3.73. The first-order chi connectivity index (χ1) is 11.5. The van der Waals surface area contributed by atoms with Gasteiger partial charge in [-0.1, -0.05) is 35.9 Å². The molecule has 24 heavy (non-hydrogen) atoms. The Hall–Kier alpha value is -2.79. The summed E-state index contributed by atoms with van der Waals surface area (Å²) in [7, 11) is 4.02. The highest BCUT2D eigenvalue weighted by molar-refractivity contribution is 6.30. The Bertz CT molecular complexity index is 848. The van der Waals surface area contributed by atoms with Crippen molar-refractivity contribution in [3.05, 3.63) is 65.3 Å². The molecule has 0 aliphatic heterocycles. The lowest BCUT2D eigenvalue weighted by molar-refractivity contribution is 0.906. The zero-order chi connectivity index (χ0) is 17.1. The van der Waals surface area contributed by atoms with Crippen molar-refractivity contribution in [3.63, 3.8) is 0 Å². The van der Waals surface area contributed by atoms with E-state index < -0.39 is 0 Å². The van der Waals surface area contributed by atoms with Crippen LogP contribution in [0.5, 0.6) is 0 Å². The van der Waals surface area contributed by atoms with Crippen LogP contribution in [0.25, 0.3) is 11.3 Å². The van der Waals surface area contributed by atoms with Crippen molar-refractivity contribution in [1.29, 1.82) is 0 Å². The van der Waals surface area contributed by atoms with E-state index in [1.807, 2.05) is 67.5 Å². The molecule has 0 saturated carbocycles. The summed E-state index contributed by atoms with van der Waals surface area (Å²) in [4.78, 5) is 6.20. The van der Waals surface area contributed by atoms with Crippen molar-refractivity contribution in [3.8, 4) is 11.3 Å². The molecule has 0 fully saturated rings. The van der Waals surface area contributed by atoms with Crippen LogP contribution in [0.4, 0.5) is 11.6 Å². The largest absolute Gasteiger partial charge is 0.378 e. The van der Waals surface area contributed by atoms with Gasteiger partial charge in [-0.2, -0.15) is 9.78 Å². The van der Waals surface area contributed by atoms with Gasteiger partial charge in [0.1, 0.15) is 0 Å². The molecule has 0 amide bonds. The molecule has 3 rings (SSSR count). The molecule has 0 aliphatic rings. The molecule has 122 valence electrons. The number of aromatic nitrogens is 2. The van der Waals surface area contributed by atoms with E-state index in [-0.39, 0.29) is 0 Å². The van der Waals surface area contributed by atoms with Crippen molar-refractivity contribution in [2.75, 3.05) is 24.7 Å². The summed E-state index contributed by atoms with van der Waals surface area (Å²) < 4.78 is 1.61. The van der Waals surface area contributed by atoms with Crippen LogP contribution in [0.2, 0.25) is 5.02 Å². The van der Waals surface area contributed by atoms with Gasteiger partial charge in [0.05, 0.1) is 18.1 Å². The molecule has 0 radical (unpaired) electrons. The van der Waals surface area contributed by atoms with E-state index in [0.717, 1.165) is 22.5 Å². The monoisotopic (exact) mass is 339 g/mol. The molecular weight excluding hydrogens is 322 g/mol. The molecule has 0 bridgehead atoms. The fraction of sp³-hybridized carbons (Fsp3) is 0.111. The second kappa shape index (κ2) is 6.76. The standard InChI is InChI=1S/C18H18ClN5/c1-23(2)16-9-3-13(4-10-16)11-22-24-17(12-21-18(24)20)14-5-7-15(19)8-6-14/h3-12H,1-2H3,(H2,20,21). The van der Waals surface area contributed by atoms with E-state index in [4.69, 9.17) is 17.3 Å². The van der Waals surface area contributed by atoms with E-state index in [1.54, 1.807) is 17.1 Å². The number of nitrogens with zero attached hydrogens (tertiary/aromatic N) is 4. The van der Waals surface area contributed by atoms with Crippen LogP contribution in [0, 0.1) is 0 Å². The second-order valence-corrected chi connectivity index (χ2v) is 5.99. The third-order valence-electron chi connectivity index (χ3n) is 3.64. The lowest BCUT2D eigenvalue weighted by atomic mass is 10.2. The topological polar surface area (TPSA) is 59.4 Å². The quantitative estimate of drug-likeness (QED) is 0.737. The third kappa shape index (κ3) is 3.41. The molecule has 0 unspecified atom stereocenters. The molecule has 0 spiro atoms. The molecular formula is C18H18ClN5. The van der Waals surface area contributed by atoms with Gasteiger partial charge >= 0.3 is 0 Å². The lowest BCUT2D eigenvalue weighted by Crippen LogP contribution is -2.08. The summed E-state index contributed by atoms with van der Waals surface area (Å²) >= 11 is 5.94. The molecule has 3 aromatic rings. The van der Waals surface area contributed by atoms with Gasteiger partial charge < -0.3 is 10.6 Å². The van der Waals surface area contributed by atoms with Gasteiger partial charge in [-0.3, -0.25) is 0 Å². The van der Waals surface area contributed by atoms with Crippen molar-refractivity contribution in [2.24, 2.45) is 5.10 Å². The summed E-state index contributed by atoms with van der Waals surface area (Å²) in [5, 5.41) is 5.15. The number of nitrogen functional groups attached to an aromatic ring is 1. The Kier molecular flexibility index (Phi) is 4.53. The number of imidazole rings is 1.